The van der Waals surface area contributed by atoms with Crippen molar-refractivity contribution in [3.8, 4) is 5.75 Å². The molecule has 1 saturated heterocycles. The van der Waals surface area contributed by atoms with Gasteiger partial charge in [-0.05, 0) is 97.6 Å². The SMILES string of the molecule is Cc1cccc(CN2C(=O)S/C(=C\c3cc(Br)c(OCc4ccc(F)cc4)c(Br)c3)C2=O)c1. The fraction of sp³-hybridized carbons (Fsp3) is 0.120. The van der Waals surface area contributed by atoms with Crippen molar-refractivity contribution in [1.82, 2.24) is 4.90 Å². The number of ether oxygens (including phenoxy) is 1. The van der Waals surface area contributed by atoms with Crippen molar-refractivity contribution in [3.63, 3.8) is 0 Å². The van der Waals surface area contributed by atoms with E-state index < -0.39 is 0 Å². The summed E-state index contributed by atoms with van der Waals surface area (Å²) in [4.78, 5) is 27.0. The smallest absolute Gasteiger partial charge is 0.293 e. The van der Waals surface area contributed by atoms with Gasteiger partial charge in [0.15, 0.2) is 0 Å². The third-order valence-electron chi connectivity index (χ3n) is 4.91. The molecule has 0 unspecified atom stereocenters. The van der Waals surface area contributed by atoms with E-state index >= 15 is 0 Å². The minimum absolute atomic E-state index is 0.243. The standard InChI is InChI=1S/C25H18Br2FNO3S/c1-15-3-2-4-17(9-15)13-29-24(30)22(33-25(29)31)12-18-10-20(26)23(21(27)11-18)32-14-16-5-7-19(28)8-6-16/h2-12H,13-14H2,1H3/b22-12-. The molecule has 3 aromatic rings. The summed E-state index contributed by atoms with van der Waals surface area (Å²) in [7, 11) is 0. The quantitative estimate of drug-likeness (QED) is 0.279. The molecule has 0 radical (unpaired) electrons. The molecule has 33 heavy (non-hydrogen) atoms. The summed E-state index contributed by atoms with van der Waals surface area (Å²) in [5.74, 6) is -0.0202. The number of carbonyl (C=O) groups is 2. The summed E-state index contributed by atoms with van der Waals surface area (Å²) in [6.45, 7) is 2.49. The van der Waals surface area contributed by atoms with Gasteiger partial charge in [0.1, 0.15) is 18.2 Å². The van der Waals surface area contributed by atoms with Gasteiger partial charge in [0, 0.05) is 0 Å². The first-order valence-corrected chi connectivity index (χ1v) is 12.4. The van der Waals surface area contributed by atoms with Crippen LogP contribution in [0, 0.1) is 12.7 Å². The van der Waals surface area contributed by atoms with Crippen LogP contribution in [0.15, 0.2) is 74.5 Å². The second-order valence-corrected chi connectivity index (χ2v) is 10.2. The van der Waals surface area contributed by atoms with Crippen LogP contribution in [-0.4, -0.2) is 16.0 Å². The maximum Gasteiger partial charge on any atom is 0.293 e. The maximum atomic E-state index is 13.1. The fourth-order valence-electron chi connectivity index (χ4n) is 3.32. The Bertz CT molecular complexity index is 1240. The molecule has 8 heteroatoms. The number of benzene rings is 3. The summed E-state index contributed by atoms with van der Waals surface area (Å²) in [6, 6.07) is 17.5. The van der Waals surface area contributed by atoms with Gasteiger partial charge in [0.05, 0.1) is 20.4 Å². The van der Waals surface area contributed by atoms with Crippen molar-refractivity contribution in [2.45, 2.75) is 20.1 Å². The summed E-state index contributed by atoms with van der Waals surface area (Å²) < 4.78 is 20.3. The van der Waals surface area contributed by atoms with Gasteiger partial charge in [-0.25, -0.2) is 4.39 Å². The first kappa shape index (κ1) is 23.7. The van der Waals surface area contributed by atoms with E-state index in [0.29, 0.717) is 19.6 Å². The minimum Gasteiger partial charge on any atom is -0.487 e. The molecule has 3 aromatic carbocycles. The van der Waals surface area contributed by atoms with Crippen LogP contribution < -0.4 is 4.74 Å². The molecule has 2 amide bonds. The number of carbonyl (C=O) groups excluding carboxylic acids is 2. The zero-order valence-electron chi connectivity index (χ0n) is 17.5. The van der Waals surface area contributed by atoms with E-state index in [-0.39, 0.29) is 30.1 Å². The Labute approximate surface area is 212 Å². The molecule has 1 aliphatic heterocycles. The highest BCUT2D eigenvalue weighted by Crippen LogP contribution is 2.38. The van der Waals surface area contributed by atoms with Crippen molar-refractivity contribution < 1.29 is 18.7 Å². The van der Waals surface area contributed by atoms with Gasteiger partial charge in [0.25, 0.3) is 11.1 Å². The summed E-state index contributed by atoms with van der Waals surface area (Å²) in [5.41, 5.74) is 3.56. The largest absolute Gasteiger partial charge is 0.487 e. The van der Waals surface area contributed by atoms with E-state index in [0.717, 1.165) is 34.0 Å². The Hall–Kier alpha value is -2.42. The molecule has 4 rings (SSSR count). The second kappa shape index (κ2) is 10.2. The molecule has 0 bridgehead atoms. The number of thioether (sulfide) groups is 1. The molecule has 4 nitrogen and oxygen atoms in total. The van der Waals surface area contributed by atoms with E-state index in [1.54, 1.807) is 18.2 Å². The Morgan fingerprint density at radius 3 is 2.36 bits per heavy atom. The van der Waals surface area contributed by atoms with E-state index in [1.807, 2.05) is 43.3 Å². The third-order valence-corrected chi connectivity index (χ3v) is 7.00. The molecule has 1 fully saturated rings. The van der Waals surface area contributed by atoms with Crippen LogP contribution >= 0.6 is 43.6 Å². The normalized spacial score (nSPS) is 14.9. The summed E-state index contributed by atoms with van der Waals surface area (Å²) in [5, 5.41) is -0.287. The molecule has 1 heterocycles. The van der Waals surface area contributed by atoms with Crippen LogP contribution in [0.3, 0.4) is 0 Å². The van der Waals surface area contributed by atoms with Crippen molar-refractivity contribution >= 4 is 60.8 Å². The molecular weight excluding hydrogens is 573 g/mol. The zero-order valence-corrected chi connectivity index (χ0v) is 21.5. The predicted octanol–water partition coefficient (Wildman–Crippen LogP) is 7.47. The van der Waals surface area contributed by atoms with Crippen molar-refractivity contribution in [2.75, 3.05) is 0 Å². The van der Waals surface area contributed by atoms with Gasteiger partial charge in [-0.3, -0.25) is 14.5 Å². The Morgan fingerprint density at radius 2 is 1.70 bits per heavy atom. The van der Waals surface area contributed by atoms with Crippen LogP contribution in [0.2, 0.25) is 0 Å². The predicted molar refractivity (Wildman–Crippen MR) is 135 cm³/mol. The molecule has 0 aliphatic carbocycles. The van der Waals surface area contributed by atoms with Gasteiger partial charge in [-0.15, -0.1) is 0 Å². The van der Waals surface area contributed by atoms with E-state index in [4.69, 9.17) is 4.74 Å². The molecule has 0 saturated carbocycles. The average molecular weight is 591 g/mol. The van der Waals surface area contributed by atoms with Gasteiger partial charge in [-0.1, -0.05) is 42.0 Å². The maximum absolute atomic E-state index is 13.1. The molecular formula is C25H18Br2FNO3S. The number of amides is 2. The topological polar surface area (TPSA) is 46.6 Å². The monoisotopic (exact) mass is 589 g/mol. The Kier molecular flexibility index (Phi) is 7.36. The first-order valence-electron chi connectivity index (χ1n) is 9.97. The lowest BCUT2D eigenvalue weighted by Gasteiger charge is -2.13. The van der Waals surface area contributed by atoms with Crippen LogP contribution in [0.1, 0.15) is 22.3 Å². The number of imide groups is 1. The molecule has 0 aromatic heterocycles. The Morgan fingerprint density at radius 1 is 1.00 bits per heavy atom. The van der Waals surface area contributed by atoms with Gasteiger partial charge in [0.2, 0.25) is 0 Å². The molecule has 0 N–H and O–H groups in total. The third kappa shape index (κ3) is 5.75. The van der Waals surface area contributed by atoms with Crippen LogP contribution in [0.5, 0.6) is 5.75 Å². The minimum atomic E-state index is -0.310. The highest BCUT2D eigenvalue weighted by atomic mass is 79.9. The van der Waals surface area contributed by atoms with Gasteiger partial charge in [-0.2, -0.15) is 0 Å². The van der Waals surface area contributed by atoms with Crippen molar-refractivity contribution in [3.05, 3.63) is 103 Å². The Balaban J connectivity index is 1.49. The molecule has 0 spiro atoms. The number of nitrogens with zero attached hydrogens (tertiary/aromatic N) is 1. The fourth-order valence-corrected chi connectivity index (χ4v) is 5.61. The summed E-state index contributed by atoms with van der Waals surface area (Å²) in [6.07, 6.45) is 1.69. The zero-order chi connectivity index (χ0) is 23.5. The average Bonchev–Trinajstić information content (AvgIpc) is 3.02. The lowest BCUT2D eigenvalue weighted by Crippen LogP contribution is -2.27. The lowest BCUT2D eigenvalue weighted by atomic mass is 10.1. The lowest BCUT2D eigenvalue weighted by molar-refractivity contribution is -0.123. The van der Waals surface area contributed by atoms with Crippen LogP contribution in [0.4, 0.5) is 9.18 Å². The molecule has 168 valence electrons. The first-order chi connectivity index (χ1) is 15.8. The van der Waals surface area contributed by atoms with Gasteiger partial charge < -0.3 is 4.74 Å². The number of hydrogen-bond donors (Lipinski definition) is 0. The van der Waals surface area contributed by atoms with Crippen molar-refractivity contribution in [2.24, 2.45) is 0 Å². The number of aryl methyl sites for hydroxylation is 1. The highest BCUT2D eigenvalue weighted by Gasteiger charge is 2.35. The van der Waals surface area contributed by atoms with E-state index in [9.17, 15) is 14.0 Å². The van der Waals surface area contributed by atoms with E-state index in [2.05, 4.69) is 31.9 Å². The van der Waals surface area contributed by atoms with Crippen molar-refractivity contribution in [1.29, 1.82) is 0 Å². The van der Waals surface area contributed by atoms with Crippen LogP contribution in [-0.2, 0) is 17.9 Å². The number of rotatable bonds is 6. The number of hydrogen-bond acceptors (Lipinski definition) is 4. The van der Waals surface area contributed by atoms with E-state index in [1.165, 1.54) is 17.0 Å². The highest BCUT2D eigenvalue weighted by molar-refractivity contribution is 9.11. The molecule has 1 aliphatic rings. The van der Waals surface area contributed by atoms with Gasteiger partial charge >= 0.3 is 0 Å². The number of halogens is 3. The molecule has 0 atom stereocenters. The summed E-state index contributed by atoms with van der Waals surface area (Å²) >= 11 is 7.95. The van der Waals surface area contributed by atoms with Crippen LogP contribution in [0.25, 0.3) is 6.08 Å². The second-order valence-electron chi connectivity index (χ2n) is 7.49.